The molecule has 0 spiro atoms. The lowest BCUT2D eigenvalue weighted by Gasteiger charge is -2.61. The molecular formula is C18H26N2O2. The van der Waals surface area contributed by atoms with Gasteiger partial charge in [0.05, 0.1) is 0 Å². The number of carbonyl (C=O) groups is 1. The van der Waals surface area contributed by atoms with Gasteiger partial charge in [-0.1, -0.05) is 32.8 Å². The second-order valence-corrected chi connectivity index (χ2v) is 7.29. The molecule has 1 unspecified atom stereocenters. The normalized spacial score (nSPS) is 29.1. The van der Waals surface area contributed by atoms with E-state index in [4.69, 9.17) is 5.11 Å². The van der Waals surface area contributed by atoms with Gasteiger partial charge in [0.15, 0.2) is 0 Å². The Morgan fingerprint density at radius 2 is 2.00 bits per heavy atom. The number of fused-ring (bicyclic) bond motifs is 1. The summed E-state index contributed by atoms with van der Waals surface area (Å²) < 4.78 is 0. The summed E-state index contributed by atoms with van der Waals surface area (Å²) in [7, 11) is 0. The number of hydrogen-bond donors (Lipinski definition) is 3. The van der Waals surface area contributed by atoms with Crippen molar-refractivity contribution in [3.8, 4) is 0 Å². The fraction of sp³-hybridized carbons (Fsp3) is 0.611. The van der Waals surface area contributed by atoms with E-state index in [1.165, 1.54) is 25.7 Å². The summed E-state index contributed by atoms with van der Waals surface area (Å²) in [5.41, 5.74) is 2.09. The van der Waals surface area contributed by atoms with Gasteiger partial charge in [-0.05, 0) is 48.3 Å². The van der Waals surface area contributed by atoms with Crippen LogP contribution in [0.25, 0.3) is 0 Å². The van der Waals surface area contributed by atoms with Crippen LogP contribution in [-0.4, -0.2) is 23.7 Å². The standard InChI is InChI=1S/C18H26N2O2/c1-18(2)15-9-4-3-8-14(15)17(18)20-13-7-5-6-12(10-13)19-16(22)11-21/h5-7,10,14-15,17,20-21H,3-4,8-9,11H2,1-2H3,(H,19,22)/t14-,15+,17?/m1/s1. The van der Waals surface area contributed by atoms with Crippen molar-refractivity contribution in [3.05, 3.63) is 24.3 Å². The highest BCUT2D eigenvalue weighted by molar-refractivity contribution is 5.91. The molecule has 3 rings (SSSR count). The number of rotatable bonds is 4. The number of aliphatic hydroxyl groups excluding tert-OH is 1. The van der Waals surface area contributed by atoms with Crippen LogP contribution in [0.1, 0.15) is 39.5 Å². The SMILES string of the molecule is CC1(C)C(Nc2cccc(NC(=O)CO)c2)[C@@H]2CCCC[C@@H]21. The lowest BCUT2D eigenvalue weighted by molar-refractivity contribution is -0.118. The zero-order valence-corrected chi connectivity index (χ0v) is 13.4. The minimum absolute atomic E-state index is 0.329. The van der Waals surface area contributed by atoms with Crippen molar-refractivity contribution >= 4 is 17.3 Å². The van der Waals surface area contributed by atoms with Crippen molar-refractivity contribution in [2.45, 2.75) is 45.6 Å². The van der Waals surface area contributed by atoms with Crippen molar-refractivity contribution in [1.29, 1.82) is 0 Å². The van der Waals surface area contributed by atoms with E-state index in [-0.39, 0.29) is 5.91 Å². The van der Waals surface area contributed by atoms with Crippen LogP contribution in [0.2, 0.25) is 0 Å². The molecule has 2 aliphatic carbocycles. The first-order valence-corrected chi connectivity index (χ1v) is 8.29. The molecule has 1 amide bonds. The molecule has 4 heteroatoms. The Morgan fingerprint density at radius 3 is 2.77 bits per heavy atom. The fourth-order valence-corrected chi connectivity index (χ4v) is 4.51. The van der Waals surface area contributed by atoms with E-state index < -0.39 is 6.61 Å². The first kappa shape index (κ1) is 15.3. The molecule has 2 aliphatic rings. The molecule has 0 aromatic heterocycles. The predicted molar refractivity (Wildman–Crippen MR) is 88.8 cm³/mol. The molecule has 0 bridgehead atoms. The summed E-state index contributed by atoms with van der Waals surface area (Å²) in [6.45, 7) is 4.25. The van der Waals surface area contributed by atoms with Crippen LogP contribution in [0.3, 0.4) is 0 Å². The third kappa shape index (κ3) is 2.72. The maximum atomic E-state index is 11.3. The monoisotopic (exact) mass is 302 g/mol. The molecule has 0 heterocycles. The molecule has 2 saturated carbocycles. The number of carbonyl (C=O) groups excluding carboxylic acids is 1. The summed E-state index contributed by atoms with van der Waals surface area (Å²) >= 11 is 0. The third-order valence-corrected chi connectivity index (χ3v) is 5.62. The molecule has 120 valence electrons. The second kappa shape index (κ2) is 5.92. The van der Waals surface area contributed by atoms with Crippen LogP contribution in [0.15, 0.2) is 24.3 Å². The number of aliphatic hydroxyl groups is 1. The zero-order chi connectivity index (χ0) is 15.7. The molecule has 0 saturated heterocycles. The third-order valence-electron chi connectivity index (χ3n) is 5.62. The van der Waals surface area contributed by atoms with Gasteiger partial charge in [0.1, 0.15) is 6.61 Å². The van der Waals surface area contributed by atoms with E-state index in [0.717, 1.165) is 23.2 Å². The second-order valence-electron chi connectivity index (χ2n) is 7.29. The van der Waals surface area contributed by atoms with Gasteiger partial charge in [0, 0.05) is 17.4 Å². The van der Waals surface area contributed by atoms with Gasteiger partial charge in [0.2, 0.25) is 5.91 Å². The van der Waals surface area contributed by atoms with Crippen LogP contribution < -0.4 is 10.6 Å². The van der Waals surface area contributed by atoms with E-state index in [1.54, 1.807) is 0 Å². The van der Waals surface area contributed by atoms with Crippen LogP contribution in [0.5, 0.6) is 0 Å². The van der Waals surface area contributed by atoms with Crippen molar-refractivity contribution in [3.63, 3.8) is 0 Å². The Kier molecular flexibility index (Phi) is 4.13. The molecule has 2 fully saturated rings. The van der Waals surface area contributed by atoms with E-state index >= 15 is 0 Å². The Hall–Kier alpha value is -1.55. The van der Waals surface area contributed by atoms with Gasteiger partial charge in [-0.15, -0.1) is 0 Å². The number of benzene rings is 1. The number of anilines is 2. The highest BCUT2D eigenvalue weighted by Gasteiger charge is 2.56. The van der Waals surface area contributed by atoms with Gasteiger partial charge in [0.25, 0.3) is 0 Å². The first-order chi connectivity index (χ1) is 10.5. The first-order valence-electron chi connectivity index (χ1n) is 8.29. The topological polar surface area (TPSA) is 61.4 Å². The summed E-state index contributed by atoms with van der Waals surface area (Å²) in [6.07, 6.45) is 5.41. The Labute approximate surface area is 132 Å². The van der Waals surface area contributed by atoms with Gasteiger partial charge < -0.3 is 15.7 Å². The minimum Gasteiger partial charge on any atom is -0.387 e. The van der Waals surface area contributed by atoms with Gasteiger partial charge in [-0.3, -0.25) is 4.79 Å². The summed E-state index contributed by atoms with van der Waals surface area (Å²) in [5, 5.41) is 15.2. The molecule has 22 heavy (non-hydrogen) atoms. The molecule has 1 aromatic carbocycles. The van der Waals surface area contributed by atoms with Crippen molar-refractivity contribution in [2.75, 3.05) is 17.2 Å². The van der Waals surface area contributed by atoms with Gasteiger partial charge in [-0.2, -0.15) is 0 Å². The van der Waals surface area contributed by atoms with E-state index in [9.17, 15) is 4.79 Å². The maximum Gasteiger partial charge on any atom is 0.250 e. The smallest absolute Gasteiger partial charge is 0.250 e. The zero-order valence-electron chi connectivity index (χ0n) is 13.4. The van der Waals surface area contributed by atoms with E-state index in [1.807, 2.05) is 24.3 Å². The van der Waals surface area contributed by atoms with Gasteiger partial charge >= 0.3 is 0 Å². The molecule has 3 atom stereocenters. The van der Waals surface area contributed by atoms with Crippen molar-refractivity contribution in [1.82, 2.24) is 0 Å². The average Bonchev–Trinajstić information content (AvgIpc) is 2.53. The minimum atomic E-state index is -0.489. The van der Waals surface area contributed by atoms with Crippen LogP contribution in [0.4, 0.5) is 11.4 Å². The Morgan fingerprint density at radius 1 is 1.27 bits per heavy atom. The van der Waals surface area contributed by atoms with Gasteiger partial charge in [-0.25, -0.2) is 0 Å². The molecular weight excluding hydrogens is 276 g/mol. The largest absolute Gasteiger partial charge is 0.387 e. The lowest BCUT2D eigenvalue weighted by atomic mass is 9.47. The van der Waals surface area contributed by atoms with Crippen molar-refractivity contribution in [2.24, 2.45) is 17.3 Å². The molecule has 4 nitrogen and oxygen atoms in total. The highest BCUT2D eigenvalue weighted by Crippen LogP contribution is 2.58. The molecule has 1 aromatic rings. The quantitative estimate of drug-likeness (QED) is 0.800. The molecule has 3 N–H and O–H groups in total. The Bertz CT molecular complexity index is 556. The summed E-state index contributed by atoms with van der Waals surface area (Å²) in [4.78, 5) is 11.3. The number of hydrogen-bond acceptors (Lipinski definition) is 3. The average molecular weight is 302 g/mol. The van der Waals surface area contributed by atoms with Crippen molar-refractivity contribution < 1.29 is 9.90 Å². The lowest BCUT2D eigenvalue weighted by Crippen LogP contribution is -2.62. The van der Waals surface area contributed by atoms with E-state index in [0.29, 0.717) is 11.5 Å². The van der Waals surface area contributed by atoms with Crippen LogP contribution in [0, 0.1) is 17.3 Å². The van der Waals surface area contributed by atoms with Crippen LogP contribution >= 0.6 is 0 Å². The highest BCUT2D eigenvalue weighted by atomic mass is 16.3. The summed E-state index contributed by atoms with van der Waals surface area (Å²) in [5.74, 6) is 1.24. The number of nitrogens with one attached hydrogen (secondary N) is 2. The Balaban J connectivity index is 1.70. The molecule has 0 radical (unpaired) electrons. The predicted octanol–water partition coefficient (Wildman–Crippen LogP) is 3.24. The number of amides is 1. The fourth-order valence-electron chi connectivity index (χ4n) is 4.51. The summed E-state index contributed by atoms with van der Waals surface area (Å²) in [6, 6.07) is 8.26. The van der Waals surface area contributed by atoms with E-state index in [2.05, 4.69) is 24.5 Å². The van der Waals surface area contributed by atoms with Crippen LogP contribution in [-0.2, 0) is 4.79 Å². The maximum absolute atomic E-state index is 11.3. The molecule has 0 aliphatic heterocycles.